The van der Waals surface area contributed by atoms with Gasteiger partial charge in [-0.1, -0.05) is 12.1 Å². The fourth-order valence-corrected chi connectivity index (χ4v) is 2.48. The van der Waals surface area contributed by atoms with Gasteiger partial charge in [-0.25, -0.2) is 13.6 Å². The summed E-state index contributed by atoms with van der Waals surface area (Å²) in [7, 11) is -3.91. The molecule has 18 heavy (non-hydrogen) atoms. The molecule has 5 N–H and O–H groups in total. The SMILES string of the molecule is NC(=O)c1cc2cccc(S(N)(=O)=O)c2cc1O. The minimum absolute atomic E-state index is 0.0749. The number of rotatable bonds is 2. The summed E-state index contributed by atoms with van der Waals surface area (Å²) in [5.41, 5.74) is 5.01. The van der Waals surface area contributed by atoms with E-state index in [-0.39, 0.29) is 21.6 Å². The monoisotopic (exact) mass is 266 g/mol. The van der Waals surface area contributed by atoms with E-state index in [2.05, 4.69) is 0 Å². The molecule has 0 aliphatic carbocycles. The number of fused-ring (bicyclic) bond motifs is 1. The van der Waals surface area contributed by atoms with E-state index >= 15 is 0 Å². The van der Waals surface area contributed by atoms with Crippen LogP contribution in [0.4, 0.5) is 0 Å². The second-order valence-corrected chi connectivity index (χ2v) is 5.29. The normalized spacial score (nSPS) is 11.6. The number of phenols is 1. The first-order chi connectivity index (χ1) is 8.30. The van der Waals surface area contributed by atoms with Crippen LogP contribution in [0.25, 0.3) is 10.8 Å². The van der Waals surface area contributed by atoms with Gasteiger partial charge in [-0.2, -0.15) is 0 Å². The van der Waals surface area contributed by atoms with Gasteiger partial charge in [0.25, 0.3) is 5.91 Å². The van der Waals surface area contributed by atoms with Crippen LogP contribution >= 0.6 is 0 Å². The number of primary sulfonamides is 1. The third-order valence-electron chi connectivity index (χ3n) is 2.53. The largest absolute Gasteiger partial charge is 0.507 e. The summed E-state index contributed by atoms with van der Waals surface area (Å²) >= 11 is 0. The Labute approximate surface area is 103 Å². The average molecular weight is 266 g/mol. The molecule has 0 spiro atoms. The van der Waals surface area contributed by atoms with E-state index in [1.807, 2.05) is 0 Å². The Bertz CT molecular complexity index is 753. The molecule has 0 unspecified atom stereocenters. The third-order valence-corrected chi connectivity index (χ3v) is 3.50. The van der Waals surface area contributed by atoms with Gasteiger partial charge in [0.2, 0.25) is 10.0 Å². The van der Waals surface area contributed by atoms with Gasteiger partial charge in [0.1, 0.15) is 5.75 Å². The summed E-state index contributed by atoms with van der Waals surface area (Å²) in [4.78, 5) is 10.9. The minimum atomic E-state index is -3.91. The lowest BCUT2D eigenvalue weighted by molar-refractivity contribution is 0.0998. The molecule has 0 aliphatic heterocycles. The number of aromatic hydroxyl groups is 1. The van der Waals surface area contributed by atoms with Crippen molar-refractivity contribution in [3.8, 4) is 5.75 Å². The molecule has 94 valence electrons. The van der Waals surface area contributed by atoms with Gasteiger partial charge in [0, 0.05) is 5.39 Å². The van der Waals surface area contributed by atoms with Crippen molar-refractivity contribution in [3.63, 3.8) is 0 Å². The highest BCUT2D eigenvalue weighted by Crippen LogP contribution is 2.28. The van der Waals surface area contributed by atoms with Gasteiger partial charge in [0.15, 0.2) is 0 Å². The van der Waals surface area contributed by atoms with Gasteiger partial charge < -0.3 is 10.8 Å². The molecule has 2 aromatic carbocycles. The van der Waals surface area contributed by atoms with Gasteiger partial charge in [-0.15, -0.1) is 0 Å². The Balaban J connectivity index is 2.89. The fourth-order valence-electron chi connectivity index (χ4n) is 1.73. The fraction of sp³-hybridized carbons (Fsp3) is 0. The summed E-state index contributed by atoms with van der Waals surface area (Å²) in [6.45, 7) is 0. The number of benzene rings is 2. The molecule has 0 fully saturated rings. The summed E-state index contributed by atoms with van der Waals surface area (Å²) in [5.74, 6) is -1.18. The van der Waals surface area contributed by atoms with E-state index in [0.29, 0.717) is 5.39 Å². The number of amides is 1. The van der Waals surface area contributed by atoms with Crippen molar-refractivity contribution in [2.75, 3.05) is 0 Å². The molecule has 2 rings (SSSR count). The first kappa shape index (κ1) is 12.3. The highest BCUT2D eigenvalue weighted by molar-refractivity contribution is 7.89. The second-order valence-electron chi connectivity index (χ2n) is 3.76. The average Bonchev–Trinajstić information content (AvgIpc) is 2.25. The molecule has 0 atom stereocenters. The maximum Gasteiger partial charge on any atom is 0.252 e. The molecule has 0 aromatic heterocycles. The second kappa shape index (κ2) is 3.97. The van der Waals surface area contributed by atoms with E-state index in [0.717, 1.165) is 6.07 Å². The highest BCUT2D eigenvalue weighted by Gasteiger charge is 2.15. The predicted octanol–water partition coefficient (Wildman–Crippen LogP) is 0.292. The predicted molar refractivity (Wildman–Crippen MR) is 65.5 cm³/mol. The molecule has 1 amide bonds. The van der Waals surface area contributed by atoms with Gasteiger partial charge >= 0.3 is 0 Å². The number of carbonyl (C=O) groups excluding carboxylic acids is 1. The lowest BCUT2D eigenvalue weighted by Crippen LogP contribution is -2.13. The Morgan fingerprint density at radius 2 is 1.89 bits per heavy atom. The number of hydrogen-bond donors (Lipinski definition) is 3. The topological polar surface area (TPSA) is 123 Å². The maximum atomic E-state index is 11.4. The molecule has 2 aromatic rings. The number of carbonyl (C=O) groups is 1. The Morgan fingerprint density at radius 1 is 1.22 bits per heavy atom. The van der Waals surface area contributed by atoms with Crippen molar-refractivity contribution in [1.82, 2.24) is 0 Å². The Hall–Kier alpha value is -2.12. The third kappa shape index (κ3) is 2.01. The lowest BCUT2D eigenvalue weighted by atomic mass is 10.1. The first-order valence-electron chi connectivity index (χ1n) is 4.89. The van der Waals surface area contributed by atoms with Crippen molar-refractivity contribution < 1.29 is 18.3 Å². The number of hydrogen-bond acceptors (Lipinski definition) is 4. The van der Waals surface area contributed by atoms with E-state index in [1.54, 1.807) is 6.07 Å². The molecule has 0 radical (unpaired) electrons. The maximum absolute atomic E-state index is 11.4. The molecule has 0 bridgehead atoms. The van der Waals surface area contributed by atoms with Gasteiger partial charge in [0.05, 0.1) is 10.5 Å². The quantitative estimate of drug-likeness (QED) is 0.722. The zero-order valence-corrected chi connectivity index (χ0v) is 9.94. The molecule has 0 aliphatic rings. The Morgan fingerprint density at radius 3 is 2.44 bits per heavy atom. The number of sulfonamides is 1. The lowest BCUT2D eigenvalue weighted by Gasteiger charge is -2.07. The molecule has 0 saturated heterocycles. The first-order valence-corrected chi connectivity index (χ1v) is 6.43. The van der Waals surface area contributed by atoms with Gasteiger partial charge in [-0.05, 0) is 23.6 Å². The van der Waals surface area contributed by atoms with Crippen LogP contribution in [0.3, 0.4) is 0 Å². The van der Waals surface area contributed by atoms with Crippen LogP contribution in [0, 0.1) is 0 Å². The summed E-state index contributed by atoms with van der Waals surface area (Å²) in [6, 6.07) is 6.89. The van der Waals surface area contributed by atoms with Crippen LogP contribution in [0.2, 0.25) is 0 Å². The van der Waals surface area contributed by atoms with E-state index in [9.17, 15) is 18.3 Å². The summed E-state index contributed by atoms with van der Waals surface area (Å²) in [5, 5.41) is 15.4. The summed E-state index contributed by atoms with van der Waals surface area (Å²) < 4.78 is 22.8. The van der Waals surface area contributed by atoms with Crippen LogP contribution in [0.15, 0.2) is 35.2 Å². The Kier molecular flexibility index (Phi) is 2.72. The molecule has 0 saturated carbocycles. The van der Waals surface area contributed by atoms with Gasteiger partial charge in [-0.3, -0.25) is 4.79 Å². The van der Waals surface area contributed by atoms with Crippen molar-refractivity contribution >= 4 is 26.7 Å². The molecule has 7 heteroatoms. The zero-order chi connectivity index (χ0) is 13.5. The van der Waals surface area contributed by atoms with Crippen molar-refractivity contribution in [1.29, 1.82) is 0 Å². The summed E-state index contributed by atoms with van der Waals surface area (Å²) in [6.07, 6.45) is 0. The van der Waals surface area contributed by atoms with E-state index < -0.39 is 15.9 Å². The number of primary amides is 1. The van der Waals surface area contributed by atoms with Crippen LogP contribution in [0.5, 0.6) is 5.75 Å². The van der Waals surface area contributed by atoms with Crippen LogP contribution in [-0.2, 0) is 10.0 Å². The highest BCUT2D eigenvalue weighted by atomic mass is 32.2. The standard InChI is InChI=1S/C11H10N2O4S/c12-11(15)8-4-6-2-1-3-10(18(13,16)17)7(6)5-9(8)14/h1-5,14H,(H2,12,15)(H2,13,16,17). The number of nitrogens with two attached hydrogens (primary N) is 2. The van der Waals surface area contributed by atoms with Crippen LogP contribution in [-0.4, -0.2) is 19.4 Å². The van der Waals surface area contributed by atoms with Crippen LogP contribution < -0.4 is 10.9 Å². The molecule has 0 heterocycles. The van der Waals surface area contributed by atoms with Crippen LogP contribution in [0.1, 0.15) is 10.4 Å². The minimum Gasteiger partial charge on any atom is -0.507 e. The zero-order valence-electron chi connectivity index (χ0n) is 9.12. The molecular formula is C11H10N2O4S. The van der Waals surface area contributed by atoms with Crippen molar-refractivity contribution in [2.45, 2.75) is 4.90 Å². The molecular weight excluding hydrogens is 256 g/mol. The van der Waals surface area contributed by atoms with Crippen molar-refractivity contribution in [3.05, 3.63) is 35.9 Å². The molecule has 6 nitrogen and oxygen atoms in total. The van der Waals surface area contributed by atoms with E-state index in [4.69, 9.17) is 10.9 Å². The smallest absolute Gasteiger partial charge is 0.252 e. The van der Waals surface area contributed by atoms with E-state index in [1.165, 1.54) is 18.2 Å². The van der Waals surface area contributed by atoms with Crippen molar-refractivity contribution in [2.24, 2.45) is 10.9 Å².